The van der Waals surface area contributed by atoms with E-state index in [0.717, 1.165) is 31.2 Å². The van der Waals surface area contributed by atoms with Gasteiger partial charge in [0.25, 0.3) is 0 Å². The second kappa shape index (κ2) is 11.0. The molecule has 7 nitrogen and oxygen atoms in total. The zero-order valence-corrected chi connectivity index (χ0v) is 20.1. The van der Waals surface area contributed by atoms with Crippen molar-refractivity contribution < 1.29 is 4.79 Å². The number of carbonyl (C=O) groups excluding carboxylic acids is 1. The lowest BCUT2D eigenvalue weighted by Gasteiger charge is -2.51. The van der Waals surface area contributed by atoms with Crippen LogP contribution in [0.25, 0.3) is 0 Å². The summed E-state index contributed by atoms with van der Waals surface area (Å²) in [6.45, 7) is 10.6. The van der Waals surface area contributed by atoms with Crippen LogP contribution < -0.4 is 16.0 Å². The van der Waals surface area contributed by atoms with E-state index in [1.165, 1.54) is 104 Å². The molecule has 6 fully saturated rings. The van der Waals surface area contributed by atoms with Gasteiger partial charge in [-0.05, 0) is 69.9 Å². The van der Waals surface area contributed by atoms with E-state index in [1.54, 1.807) is 0 Å². The standard InChI is InChI=1S/C25H46N6O/c32-25(28-22-6-2-1-3-7-22)27-17-23-16-20-9-11-31(23)19-21(20)18-29-12-14-30(15-13-29)24-8-4-5-10-26-24/h20-24,26H,1-19H2,(H2,27,28,32). The summed E-state index contributed by atoms with van der Waals surface area (Å²) in [6.07, 6.45) is 13.5. The van der Waals surface area contributed by atoms with E-state index in [0.29, 0.717) is 18.2 Å². The molecule has 5 aliphatic heterocycles. The van der Waals surface area contributed by atoms with Crippen molar-refractivity contribution in [1.82, 2.24) is 30.7 Å². The number of nitrogens with zero attached hydrogens (tertiary/aromatic N) is 3. The molecule has 1 aliphatic carbocycles. The fourth-order valence-electron chi connectivity index (χ4n) is 7.10. The third-order valence-corrected chi connectivity index (χ3v) is 9.08. The van der Waals surface area contributed by atoms with Gasteiger partial charge in [0.1, 0.15) is 0 Å². The first kappa shape index (κ1) is 22.9. The minimum absolute atomic E-state index is 0.0569. The summed E-state index contributed by atoms with van der Waals surface area (Å²) < 4.78 is 0. The zero-order chi connectivity index (χ0) is 21.8. The van der Waals surface area contributed by atoms with Crippen LogP contribution in [0.4, 0.5) is 4.79 Å². The Bertz CT molecular complexity index is 597. The maximum absolute atomic E-state index is 12.4. The second-order valence-electron chi connectivity index (χ2n) is 11.2. The molecule has 7 heteroatoms. The van der Waals surface area contributed by atoms with Gasteiger partial charge in [-0.2, -0.15) is 0 Å². The van der Waals surface area contributed by atoms with Gasteiger partial charge < -0.3 is 20.9 Å². The summed E-state index contributed by atoms with van der Waals surface area (Å²) in [5.41, 5.74) is 0. The summed E-state index contributed by atoms with van der Waals surface area (Å²) in [6, 6.07) is 0.989. The van der Waals surface area contributed by atoms with Gasteiger partial charge in [0.2, 0.25) is 0 Å². The van der Waals surface area contributed by atoms with Crippen molar-refractivity contribution in [2.45, 2.75) is 82.5 Å². The van der Waals surface area contributed by atoms with E-state index >= 15 is 0 Å². The van der Waals surface area contributed by atoms with Crippen LogP contribution in [0.5, 0.6) is 0 Å². The molecule has 182 valence electrons. The maximum atomic E-state index is 12.4. The second-order valence-corrected chi connectivity index (χ2v) is 11.2. The molecule has 0 aromatic rings. The molecule has 32 heavy (non-hydrogen) atoms. The lowest BCUT2D eigenvalue weighted by atomic mass is 9.75. The predicted molar refractivity (Wildman–Crippen MR) is 129 cm³/mol. The molecule has 5 saturated heterocycles. The fraction of sp³-hybridized carbons (Fsp3) is 0.960. The average Bonchev–Trinajstić information content (AvgIpc) is 2.85. The minimum Gasteiger partial charge on any atom is -0.337 e. The first-order chi connectivity index (χ1) is 15.7. The van der Waals surface area contributed by atoms with Crippen LogP contribution in [0.15, 0.2) is 0 Å². The summed E-state index contributed by atoms with van der Waals surface area (Å²) in [5.74, 6) is 1.65. The van der Waals surface area contributed by atoms with Crippen LogP contribution in [0.3, 0.4) is 0 Å². The Labute approximate surface area is 195 Å². The number of amides is 2. The fourth-order valence-corrected chi connectivity index (χ4v) is 7.10. The monoisotopic (exact) mass is 446 g/mol. The van der Waals surface area contributed by atoms with Crippen LogP contribution >= 0.6 is 0 Å². The maximum Gasteiger partial charge on any atom is 0.315 e. The molecular weight excluding hydrogens is 400 g/mol. The Morgan fingerprint density at radius 3 is 2.41 bits per heavy atom. The topological polar surface area (TPSA) is 62.9 Å². The number of piperazine rings is 1. The van der Waals surface area contributed by atoms with E-state index in [9.17, 15) is 4.79 Å². The molecule has 2 bridgehead atoms. The quantitative estimate of drug-likeness (QED) is 0.583. The number of fused-ring (bicyclic) bond motifs is 3. The Morgan fingerprint density at radius 2 is 1.69 bits per heavy atom. The van der Waals surface area contributed by atoms with Crippen molar-refractivity contribution in [2.24, 2.45) is 11.8 Å². The Balaban J connectivity index is 1.02. The highest BCUT2D eigenvalue weighted by Crippen LogP contribution is 2.36. The van der Waals surface area contributed by atoms with Gasteiger partial charge in [0.05, 0.1) is 6.17 Å². The van der Waals surface area contributed by atoms with Crippen molar-refractivity contribution in [1.29, 1.82) is 0 Å². The number of carbonyl (C=O) groups is 1. The summed E-state index contributed by atoms with van der Waals surface area (Å²) in [7, 11) is 0. The van der Waals surface area contributed by atoms with Gasteiger partial charge in [-0.1, -0.05) is 19.3 Å². The predicted octanol–water partition coefficient (Wildman–Crippen LogP) is 2.05. The number of nitrogens with one attached hydrogen (secondary N) is 3. The van der Waals surface area contributed by atoms with Gasteiger partial charge in [-0.15, -0.1) is 0 Å². The Kier molecular flexibility index (Phi) is 7.88. The zero-order valence-electron chi connectivity index (χ0n) is 20.1. The Hall–Kier alpha value is -0.890. The molecular formula is C25H46N6O. The smallest absolute Gasteiger partial charge is 0.315 e. The number of hydrogen-bond acceptors (Lipinski definition) is 5. The molecule has 0 aromatic heterocycles. The van der Waals surface area contributed by atoms with Crippen molar-refractivity contribution >= 4 is 6.03 Å². The highest BCUT2D eigenvalue weighted by molar-refractivity contribution is 5.74. The van der Waals surface area contributed by atoms with Crippen molar-refractivity contribution in [3.05, 3.63) is 0 Å². The Morgan fingerprint density at radius 1 is 0.875 bits per heavy atom. The summed E-state index contributed by atoms with van der Waals surface area (Å²) in [5, 5.41) is 10.1. The lowest BCUT2D eigenvalue weighted by Crippen LogP contribution is -2.60. The van der Waals surface area contributed by atoms with Gasteiger partial charge in [0, 0.05) is 57.9 Å². The van der Waals surface area contributed by atoms with Crippen LogP contribution in [0, 0.1) is 11.8 Å². The minimum atomic E-state index is 0.0569. The van der Waals surface area contributed by atoms with Crippen LogP contribution in [0.1, 0.15) is 64.2 Å². The summed E-state index contributed by atoms with van der Waals surface area (Å²) >= 11 is 0. The molecule has 6 rings (SSSR count). The van der Waals surface area contributed by atoms with Gasteiger partial charge in [0.15, 0.2) is 0 Å². The molecule has 3 N–H and O–H groups in total. The van der Waals surface area contributed by atoms with Crippen molar-refractivity contribution in [3.63, 3.8) is 0 Å². The van der Waals surface area contributed by atoms with Crippen molar-refractivity contribution in [3.8, 4) is 0 Å². The normalized spacial score (nSPS) is 37.3. The molecule has 5 atom stereocenters. The lowest BCUT2D eigenvalue weighted by molar-refractivity contribution is -0.0205. The third-order valence-electron chi connectivity index (χ3n) is 9.08. The molecule has 1 saturated carbocycles. The molecule has 0 spiro atoms. The number of piperidine rings is 4. The third kappa shape index (κ3) is 5.78. The van der Waals surface area contributed by atoms with E-state index in [-0.39, 0.29) is 6.03 Å². The van der Waals surface area contributed by atoms with E-state index in [1.807, 2.05) is 0 Å². The first-order valence-electron chi connectivity index (χ1n) is 13.7. The number of urea groups is 1. The highest BCUT2D eigenvalue weighted by atomic mass is 16.2. The SMILES string of the molecule is O=C(NCC1CC2CCN1CC2CN1CCN(C2CCCCN2)CC1)NC1CCCCC1. The molecule has 0 radical (unpaired) electrons. The molecule has 5 heterocycles. The van der Waals surface area contributed by atoms with E-state index in [2.05, 4.69) is 30.7 Å². The van der Waals surface area contributed by atoms with Gasteiger partial charge in [-0.3, -0.25) is 9.80 Å². The van der Waals surface area contributed by atoms with Crippen LogP contribution in [0.2, 0.25) is 0 Å². The molecule has 2 amide bonds. The van der Waals surface area contributed by atoms with Gasteiger partial charge >= 0.3 is 6.03 Å². The summed E-state index contributed by atoms with van der Waals surface area (Å²) in [4.78, 5) is 20.5. The molecule has 0 aromatic carbocycles. The molecule has 5 unspecified atom stereocenters. The highest BCUT2D eigenvalue weighted by Gasteiger charge is 2.41. The van der Waals surface area contributed by atoms with Gasteiger partial charge in [-0.25, -0.2) is 4.79 Å². The van der Waals surface area contributed by atoms with E-state index in [4.69, 9.17) is 0 Å². The first-order valence-corrected chi connectivity index (χ1v) is 13.7. The number of hydrogen-bond donors (Lipinski definition) is 3. The number of rotatable bonds is 6. The molecule has 6 aliphatic rings. The van der Waals surface area contributed by atoms with E-state index < -0.39 is 0 Å². The van der Waals surface area contributed by atoms with Crippen molar-refractivity contribution in [2.75, 3.05) is 58.9 Å². The average molecular weight is 447 g/mol. The largest absolute Gasteiger partial charge is 0.337 e. The van der Waals surface area contributed by atoms with Crippen LogP contribution in [-0.4, -0.2) is 97.9 Å². The van der Waals surface area contributed by atoms with Crippen LogP contribution in [-0.2, 0) is 0 Å².